The number of halogens is 2. The molecule has 0 spiro atoms. The van der Waals surface area contributed by atoms with Gasteiger partial charge < -0.3 is 5.73 Å². The van der Waals surface area contributed by atoms with E-state index in [1.54, 1.807) is 37.3 Å². The molecule has 0 heterocycles. The van der Waals surface area contributed by atoms with Crippen molar-refractivity contribution in [2.75, 3.05) is 10.5 Å². The zero-order valence-electron chi connectivity index (χ0n) is 11.4. The number of para-hydroxylation sites is 1. The van der Waals surface area contributed by atoms with Crippen LogP contribution in [0, 0.1) is 13.8 Å². The summed E-state index contributed by atoms with van der Waals surface area (Å²) in [5, 5.41) is 0. The number of hydrogen-bond acceptors (Lipinski definition) is 3. The first-order valence-electron chi connectivity index (χ1n) is 6.06. The van der Waals surface area contributed by atoms with E-state index >= 15 is 0 Å². The second-order valence-corrected chi connectivity index (χ2v) is 7.96. The van der Waals surface area contributed by atoms with Crippen molar-refractivity contribution in [2.45, 2.75) is 18.7 Å². The molecular formula is C14H14Br2N2O2S. The van der Waals surface area contributed by atoms with Crippen LogP contribution in [-0.2, 0) is 10.0 Å². The molecule has 0 amide bonds. The third-order valence-electron chi connectivity index (χ3n) is 3.18. The Kier molecular flexibility index (Phi) is 4.65. The van der Waals surface area contributed by atoms with Gasteiger partial charge in [-0.15, -0.1) is 0 Å². The lowest BCUT2D eigenvalue weighted by Crippen LogP contribution is -2.17. The van der Waals surface area contributed by atoms with E-state index in [-0.39, 0.29) is 10.6 Å². The van der Waals surface area contributed by atoms with Gasteiger partial charge in [-0.3, -0.25) is 4.72 Å². The monoisotopic (exact) mass is 432 g/mol. The lowest BCUT2D eigenvalue weighted by Gasteiger charge is -2.16. The van der Waals surface area contributed by atoms with Gasteiger partial charge in [0, 0.05) is 8.95 Å². The van der Waals surface area contributed by atoms with Crippen molar-refractivity contribution in [1.29, 1.82) is 0 Å². The zero-order valence-corrected chi connectivity index (χ0v) is 15.4. The van der Waals surface area contributed by atoms with Gasteiger partial charge in [0.15, 0.2) is 0 Å². The molecule has 7 heteroatoms. The molecule has 4 nitrogen and oxygen atoms in total. The fraction of sp³-hybridized carbons (Fsp3) is 0.143. The summed E-state index contributed by atoms with van der Waals surface area (Å²) in [4.78, 5) is 0.116. The van der Waals surface area contributed by atoms with Gasteiger partial charge >= 0.3 is 0 Å². The highest BCUT2D eigenvalue weighted by molar-refractivity contribution is 9.11. The molecule has 0 atom stereocenters. The van der Waals surface area contributed by atoms with E-state index in [2.05, 4.69) is 36.6 Å². The van der Waals surface area contributed by atoms with Crippen LogP contribution in [-0.4, -0.2) is 8.42 Å². The molecule has 0 saturated heterocycles. The Balaban J connectivity index is 2.57. The molecule has 0 unspecified atom stereocenters. The first kappa shape index (κ1) is 16.3. The molecule has 112 valence electrons. The Hall–Kier alpha value is -1.05. The third kappa shape index (κ3) is 3.25. The van der Waals surface area contributed by atoms with Gasteiger partial charge in [0.25, 0.3) is 10.0 Å². The molecule has 3 N–H and O–H groups in total. The minimum atomic E-state index is -3.78. The zero-order chi connectivity index (χ0) is 15.8. The van der Waals surface area contributed by atoms with Crippen molar-refractivity contribution in [3.63, 3.8) is 0 Å². The molecule has 0 bridgehead atoms. The molecule has 0 radical (unpaired) electrons. The van der Waals surface area contributed by atoms with E-state index < -0.39 is 10.0 Å². The number of sulfonamides is 1. The van der Waals surface area contributed by atoms with E-state index in [9.17, 15) is 8.42 Å². The summed E-state index contributed by atoms with van der Waals surface area (Å²) >= 11 is 6.67. The van der Waals surface area contributed by atoms with Gasteiger partial charge in [0.1, 0.15) is 4.90 Å². The second-order valence-electron chi connectivity index (χ2n) is 4.63. The van der Waals surface area contributed by atoms with Crippen molar-refractivity contribution in [3.05, 3.63) is 50.4 Å². The molecule has 0 aromatic heterocycles. The summed E-state index contributed by atoms with van der Waals surface area (Å²) < 4.78 is 29.2. The largest absolute Gasteiger partial charge is 0.398 e. The van der Waals surface area contributed by atoms with Crippen LogP contribution >= 0.6 is 31.9 Å². The fourth-order valence-electron chi connectivity index (χ4n) is 1.95. The Labute approximate surface area is 141 Å². The van der Waals surface area contributed by atoms with Gasteiger partial charge in [0.05, 0.1) is 11.4 Å². The van der Waals surface area contributed by atoms with Crippen LogP contribution in [0.25, 0.3) is 0 Å². The average molecular weight is 434 g/mol. The quantitative estimate of drug-likeness (QED) is 0.712. The van der Waals surface area contributed by atoms with E-state index in [1.165, 1.54) is 0 Å². The smallest absolute Gasteiger partial charge is 0.264 e. The number of benzene rings is 2. The molecule has 0 aliphatic heterocycles. The van der Waals surface area contributed by atoms with Crippen LogP contribution in [0.15, 0.2) is 44.2 Å². The molecule has 2 aromatic carbocycles. The molecule has 21 heavy (non-hydrogen) atoms. The Morgan fingerprint density at radius 3 is 2.19 bits per heavy atom. The molecule has 0 aliphatic carbocycles. The fourth-order valence-corrected chi connectivity index (χ4v) is 4.94. The lowest BCUT2D eigenvalue weighted by molar-refractivity contribution is 0.601. The molecule has 0 aliphatic rings. The van der Waals surface area contributed by atoms with E-state index in [1.807, 2.05) is 6.92 Å². The van der Waals surface area contributed by atoms with Gasteiger partial charge in [0.2, 0.25) is 0 Å². The number of rotatable bonds is 3. The van der Waals surface area contributed by atoms with Crippen molar-refractivity contribution in [1.82, 2.24) is 0 Å². The van der Waals surface area contributed by atoms with Gasteiger partial charge in [-0.05, 0) is 75.0 Å². The number of nitrogens with two attached hydrogens (primary N) is 1. The predicted molar refractivity (Wildman–Crippen MR) is 93.0 cm³/mol. The van der Waals surface area contributed by atoms with Gasteiger partial charge in [-0.2, -0.15) is 0 Å². The summed E-state index contributed by atoms with van der Waals surface area (Å²) in [5.74, 6) is 0. The Morgan fingerprint density at radius 1 is 1.05 bits per heavy atom. The van der Waals surface area contributed by atoms with Crippen LogP contribution in [0.3, 0.4) is 0 Å². The lowest BCUT2D eigenvalue weighted by atomic mass is 10.1. The van der Waals surface area contributed by atoms with Crippen LogP contribution < -0.4 is 10.5 Å². The molecular weight excluding hydrogens is 420 g/mol. The highest BCUT2D eigenvalue weighted by Gasteiger charge is 2.23. The van der Waals surface area contributed by atoms with E-state index in [0.717, 1.165) is 5.56 Å². The van der Waals surface area contributed by atoms with Crippen molar-refractivity contribution in [2.24, 2.45) is 0 Å². The standard InChI is InChI=1S/C14H14Br2N2O2S/c1-8-6-7-12(17)14(9(8)2)21(19,20)18-13-10(15)4-3-5-11(13)16/h3-7,18H,17H2,1-2H3. The Bertz CT molecular complexity index is 785. The first-order valence-corrected chi connectivity index (χ1v) is 9.13. The maximum atomic E-state index is 12.7. The third-order valence-corrected chi connectivity index (χ3v) is 6.05. The minimum absolute atomic E-state index is 0.116. The number of anilines is 2. The van der Waals surface area contributed by atoms with Crippen LogP contribution in [0.2, 0.25) is 0 Å². The first-order chi connectivity index (χ1) is 9.74. The molecule has 0 saturated carbocycles. The normalized spacial score (nSPS) is 11.4. The minimum Gasteiger partial charge on any atom is -0.398 e. The number of hydrogen-bond donors (Lipinski definition) is 2. The van der Waals surface area contributed by atoms with Gasteiger partial charge in [-0.1, -0.05) is 12.1 Å². The number of aryl methyl sites for hydroxylation is 1. The molecule has 0 fully saturated rings. The predicted octanol–water partition coefficient (Wildman–Crippen LogP) is 4.21. The summed E-state index contributed by atoms with van der Waals surface area (Å²) in [5.41, 5.74) is 8.05. The highest BCUT2D eigenvalue weighted by atomic mass is 79.9. The average Bonchev–Trinajstić information content (AvgIpc) is 2.39. The molecule has 2 rings (SSSR count). The SMILES string of the molecule is Cc1ccc(N)c(S(=O)(=O)Nc2c(Br)cccc2Br)c1C. The van der Waals surface area contributed by atoms with Crippen molar-refractivity contribution in [3.8, 4) is 0 Å². The highest BCUT2D eigenvalue weighted by Crippen LogP contribution is 2.34. The van der Waals surface area contributed by atoms with E-state index in [4.69, 9.17) is 5.73 Å². The van der Waals surface area contributed by atoms with Crippen LogP contribution in [0.5, 0.6) is 0 Å². The maximum absolute atomic E-state index is 12.7. The van der Waals surface area contributed by atoms with Crippen LogP contribution in [0.4, 0.5) is 11.4 Å². The summed E-state index contributed by atoms with van der Waals surface area (Å²) in [6, 6.07) is 8.73. The Morgan fingerprint density at radius 2 is 1.62 bits per heavy atom. The summed E-state index contributed by atoms with van der Waals surface area (Å²) in [6.07, 6.45) is 0. The maximum Gasteiger partial charge on any atom is 0.264 e. The topological polar surface area (TPSA) is 72.2 Å². The summed E-state index contributed by atoms with van der Waals surface area (Å²) in [7, 11) is -3.78. The van der Waals surface area contributed by atoms with Crippen LogP contribution in [0.1, 0.15) is 11.1 Å². The van der Waals surface area contributed by atoms with E-state index in [0.29, 0.717) is 20.2 Å². The summed E-state index contributed by atoms with van der Waals surface area (Å²) in [6.45, 7) is 3.59. The molecule has 2 aromatic rings. The second kappa shape index (κ2) is 5.98. The van der Waals surface area contributed by atoms with Crippen molar-refractivity contribution >= 4 is 53.3 Å². The van der Waals surface area contributed by atoms with Crippen molar-refractivity contribution < 1.29 is 8.42 Å². The number of nitrogen functional groups attached to an aromatic ring is 1. The van der Waals surface area contributed by atoms with Gasteiger partial charge in [-0.25, -0.2) is 8.42 Å². The number of nitrogens with one attached hydrogen (secondary N) is 1.